The molecule has 3 heterocycles. The third-order valence-corrected chi connectivity index (χ3v) is 4.04. The van der Waals surface area contributed by atoms with Crippen LogP contribution in [0, 0.1) is 0 Å². The number of carbonyl (C=O) groups is 1. The summed E-state index contributed by atoms with van der Waals surface area (Å²) in [5.74, 6) is -0.150. The molecule has 2 N–H and O–H groups in total. The van der Waals surface area contributed by atoms with Gasteiger partial charge in [-0.05, 0) is 6.07 Å². The molecule has 0 amide bonds. The number of hydrogen-bond acceptors (Lipinski definition) is 8. The summed E-state index contributed by atoms with van der Waals surface area (Å²) >= 11 is 12.2. The Kier molecular flexibility index (Phi) is 5.94. The lowest BCUT2D eigenvalue weighted by Crippen LogP contribution is -2.11. The van der Waals surface area contributed by atoms with Crippen molar-refractivity contribution in [1.82, 2.24) is 19.9 Å². The lowest BCUT2D eigenvalue weighted by Gasteiger charge is -2.08. The maximum atomic E-state index is 12.0. The highest BCUT2D eigenvalue weighted by atomic mass is 35.5. The molecule has 3 rings (SSSR count). The molecule has 0 spiro atoms. The summed E-state index contributed by atoms with van der Waals surface area (Å²) in [6.45, 7) is 0.559. The van der Waals surface area contributed by atoms with Crippen molar-refractivity contribution in [3.05, 3.63) is 34.1 Å². The van der Waals surface area contributed by atoms with Crippen LogP contribution in [0.3, 0.4) is 0 Å². The van der Waals surface area contributed by atoms with Crippen LogP contribution in [0.4, 0.5) is 11.6 Å². The number of anilines is 2. The molecule has 0 aliphatic rings. The molecule has 0 aliphatic carbocycles. The number of methoxy groups -OCH3 is 2. The molecule has 9 nitrogen and oxygen atoms in total. The topological polar surface area (TPSA) is 111 Å². The van der Waals surface area contributed by atoms with Crippen molar-refractivity contribution in [2.45, 2.75) is 0 Å². The molecule has 3 aromatic heterocycles. The number of rotatable bonds is 7. The van der Waals surface area contributed by atoms with E-state index in [1.807, 2.05) is 0 Å². The molecule has 0 fully saturated rings. The Morgan fingerprint density at radius 2 is 1.93 bits per heavy atom. The molecule has 0 saturated carbocycles. The summed E-state index contributed by atoms with van der Waals surface area (Å²) in [6, 6.07) is 1.55. The Labute approximate surface area is 164 Å². The summed E-state index contributed by atoms with van der Waals surface area (Å²) in [4.78, 5) is 27.5. The highest BCUT2D eigenvalue weighted by Gasteiger charge is 2.19. The smallest absolute Gasteiger partial charge is 0.343 e. The molecule has 142 valence electrons. The van der Waals surface area contributed by atoms with Gasteiger partial charge in [-0.25, -0.2) is 4.79 Å². The van der Waals surface area contributed by atoms with E-state index in [2.05, 4.69) is 25.3 Å². The predicted molar refractivity (Wildman–Crippen MR) is 100 cm³/mol. The second-order valence-corrected chi connectivity index (χ2v) is 6.05. The van der Waals surface area contributed by atoms with Gasteiger partial charge in [-0.15, -0.1) is 0 Å². The van der Waals surface area contributed by atoms with Crippen LogP contribution in [0.2, 0.25) is 10.0 Å². The average Bonchev–Trinajstić information content (AvgIpc) is 3.05. The zero-order valence-corrected chi connectivity index (χ0v) is 15.9. The molecule has 0 aliphatic heterocycles. The summed E-state index contributed by atoms with van der Waals surface area (Å²) < 4.78 is 15.2. The molecule has 0 unspecified atom stereocenters. The number of esters is 1. The van der Waals surface area contributed by atoms with Gasteiger partial charge in [-0.2, -0.15) is 9.97 Å². The number of nitrogens with one attached hydrogen (secondary N) is 2. The van der Waals surface area contributed by atoms with Crippen molar-refractivity contribution in [3.63, 3.8) is 0 Å². The van der Waals surface area contributed by atoms with E-state index in [0.29, 0.717) is 39.5 Å². The molecule has 27 heavy (non-hydrogen) atoms. The van der Waals surface area contributed by atoms with Gasteiger partial charge in [0.2, 0.25) is 11.8 Å². The largest absolute Gasteiger partial charge is 0.475 e. The maximum absolute atomic E-state index is 12.0. The lowest BCUT2D eigenvalue weighted by molar-refractivity contribution is 0.0592. The third-order valence-electron chi connectivity index (χ3n) is 3.47. The number of H-pyrrole nitrogens is 1. The molecule has 0 aromatic carbocycles. The highest BCUT2D eigenvalue weighted by Crippen LogP contribution is 2.31. The first-order valence-corrected chi connectivity index (χ1v) is 8.46. The van der Waals surface area contributed by atoms with Crippen molar-refractivity contribution in [2.24, 2.45) is 0 Å². The van der Waals surface area contributed by atoms with Crippen LogP contribution in [0.1, 0.15) is 10.4 Å². The standard InChI is InChI=1S/C16H15Cl2N5O4/c1-25-3-4-27-14-8(15(24)26-2)5-11-13(22-14)23-16(20-11)21-12-9(17)6-19-7-10(12)18/h5-7H,3-4H2,1-2H3,(H2,19,20,21,22,23). The van der Waals surface area contributed by atoms with Gasteiger partial charge in [0, 0.05) is 19.5 Å². The first kappa shape index (κ1) is 19.2. The number of pyridine rings is 2. The van der Waals surface area contributed by atoms with Crippen LogP contribution >= 0.6 is 23.2 Å². The Bertz CT molecular complexity index is 959. The number of carbonyl (C=O) groups excluding carboxylic acids is 1. The van der Waals surface area contributed by atoms with Crippen LogP contribution in [-0.4, -0.2) is 53.3 Å². The molecular weight excluding hydrogens is 397 g/mol. The van der Waals surface area contributed by atoms with Gasteiger partial charge in [-0.1, -0.05) is 23.2 Å². The van der Waals surface area contributed by atoms with Crippen molar-refractivity contribution in [1.29, 1.82) is 0 Å². The number of aromatic amines is 1. The van der Waals surface area contributed by atoms with Gasteiger partial charge in [0.05, 0.1) is 35.0 Å². The van der Waals surface area contributed by atoms with E-state index in [0.717, 1.165) is 0 Å². The van der Waals surface area contributed by atoms with Crippen LogP contribution in [0.15, 0.2) is 18.5 Å². The fraction of sp³-hybridized carbons (Fsp3) is 0.250. The van der Waals surface area contributed by atoms with Gasteiger partial charge in [0.25, 0.3) is 0 Å². The number of ether oxygens (including phenoxy) is 3. The monoisotopic (exact) mass is 411 g/mol. The minimum Gasteiger partial charge on any atom is -0.475 e. The fourth-order valence-corrected chi connectivity index (χ4v) is 2.68. The van der Waals surface area contributed by atoms with Crippen LogP contribution < -0.4 is 10.1 Å². The van der Waals surface area contributed by atoms with Crippen LogP contribution in [0.5, 0.6) is 5.88 Å². The van der Waals surface area contributed by atoms with Gasteiger partial charge in [0.15, 0.2) is 5.65 Å². The zero-order chi connectivity index (χ0) is 19.4. The highest BCUT2D eigenvalue weighted by molar-refractivity contribution is 6.39. The van der Waals surface area contributed by atoms with Crippen molar-refractivity contribution in [3.8, 4) is 5.88 Å². The molecule has 0 bridgehead atoms. The summed E-state index contributed by atoms with van der Waals surface area (Å²) in [7, 11) is 2.82. The van der Waals surface area contributed by atoms with Gasteiger partial charge in [-0.3, -0.25) is 4.98 Å². The number of imidazole rings is 1. The maximum Gasteiger partial charge on any atom is 0.343 e. The molecule has 0 radical (unpaired) electrons. The van der Waals surface area contributed by atoms with Crippen molar-refractivity contribution in [2.75, 3.05) is 32.8 Å². The quantitative estimate of drug-likeness (QED) is 0.450. The molecule has 11 heteroatoms. The summed E-state index contributed by atoms with van der Waals surface area (Å²) in [5, 5.41) is 3.63. The van der Waals surface area contributed by atoms with Crippen molar-refractivity contribution < 1.29 is 19.0 Å². The second kappa shape index (κ2) is 8.38. The fourth-order valence-electron chi connectivity index (χ4n) is 2.22. The van der Waals surface area contributed by atoms with E-state index in [-0.39, 0.29) is 18.1 Å². The van der Waals surface area contributed by atoms with Gasteiger partial charge < -0.3 is 24.5 Å². The molecule has 0 atom stereocenters. The van der Waals surface area contributed by atoms with Crippen LogP contribution in [0.25, 0.3) is 11.2 Å². The third kappa shape index (κ3) is 4.21. The first-order chi connectivity index (χ1) is 13.0. The number of nitrogens with zero attached hydrogens (tertiary/aromatic N) is 3. The molecule has 3 aromatic rings. The Morgan fingerprint density at radius 1 is 1.19 bits per heavy atom. The summed E-state index contributed by atoms with van der Waals surface area (Å²) in [5.41, 5.74) is 1.44. The van der Waals surface area contributed by atoms with E-state index in [1.165, 1.54) is 19.5 Å². The molecular formula is C16H15Cl2N5O4. The second-order valence-electron chi connectivity index (χ2n) is 5.23. The van der Waals surface area contributed by atoms with Crippen molar-refractivity contribution >= 4 is 52.0 Å². The Hall–Kier alpha value is -2.62. The number of halogens is 2. The van der Waals surface area contributed by atoms with Crippen LogP contribution in [-0.2, 0) is 9.47 Å². The Balaban J connectivity index is 1.97. The summed E-state index contributed by atoms with van der Waals surface area (Å²) in [6.07, 6.45) is 2.90. The van der Waals surface area contributed by atoms with Gasteiger partial charge >= 0.3 is 5.97 Å². The minimum absolute atomic E-state index is 0.101. The van der Waals surface area contributed by atoms with E-state index in [9.17, 15) is 4.79 Å². The predicted octanol–water partition coefficient (Wildman–Crippen LogP) is 3.22. The average molecular weight is 412 g/mol. The lowest BCUT2D eigenvalue weighted by atomic mass is 10.2. The van der Waals surface area contributed by atoms with E-state index < -0.39 is 5.97 Å². The zero-order valence-electron chi connectivity index (χ0n) is 14.4. The SMILES string of the molecule is COCCOc1nc2nc(Nc3c(Cl)cncc3Cl)[nH]c2cc1C(=O)OC. The number of hydrogen-bond donors (Lipinski definition) is 2. The normalized spacial score (nSPS) is 10.8. The number of fused-ring (bicyclic) bond motifs is 1. The number of aromatic nitrogens is 4. The van der Waals surface area contributed by atoms with E-state index >= 15 is 0 Å². The molecule has 0 saturated heterocycles. The Morgan fingerprint density at radius 3 is 2.59 bits per heavy atom. The van der Waals surface area contributed by atoms with Gasteiger partial charge in [0.1, 0.15) is 12.2 Å². The van der Waals surface area contributed by atoms with E-state index in [1.54, 1.807) is 13.2 Å². The first-order valence-electron chi connectivity index (χ1n) is 7.70. The van der Waals surface area contributed by atoms with E-state index in [4.69, 9.17) is 37.4 Å². The minimum atomic E-state index is -0.582.